The summed E-state index contributed by atoms with van der Waals surface area (Å²) < 4.78 is 13.1. The maximum absolute atomic E-state index is 12.3. The maximum atomic E-state index is 12.3. The maximum Gasteiger partial charge on any atom is 0.250 e. The van der Waals surface area contributed by atoms with E-state index in [0.29, 0.717) is 30.1 Å². The highest BCUT2D eigenvalue weighted by Gasteiger charge is 2.41. The van der Waals surface area contributed by atoms with E-state index in [9.17, 15) is 4.79 Å². The lowest BCUT2D eigenvalue weighted by atomic mass is 9.99. The molecule has 1 fully saturated rings. The first-order valence-electron chi connectivity index (χ1n) is 11.1. The van der Waals surface area contributed by atoms with Crippen LogP contribution in [0.3, 0.4) is 0 Å². The number of hydrogen-bond acceptors (Lipinski definition) is 6. The van der Waals surface area contributed by atoms with E-state index in [0.717, 1.165) is 40.2 Å². The Hall–Kier alpha value is -2.80. The molecule has 0 saturated heterocycles. The average molecular weight is 468 g/mol. The number of thioether (sulfide) groups is 1. The number of hydrogen-bond donors (Lipinski definition) is 0. The second-order valence-electron chi connectivity index (χ2n) is 8.31. The van der Waals surface area contributed by atoms with Crippen LogP contribution in [0.2, 0.25) is 0 Å². The van der Waals surface area contributed by atoms with Crippen LogP contribution in [0.5, 0.6) is 5.88 Å². The molecule has 2 unspecified atom stereocenters. The molecular formula is C26H33N3O3S. The van der Waals surface area contributed by atoms with E-state index in [2.05, 4.69) is 29.5 Å². The molecule has 1 saturated carbocycles. The fourth-order valence-electron chi connectivity index (χ4n) is 3.70. The molecule has 176 valence electrons. The highest BCUT2D eigenvalue weighted by atomic mass is 32.2. The van der Waals surface area contributed by atoms with Crippen molar-refractivity contribution >= 4 is 11.8 Å². The monoisotopic (exact) mass is 467 g/mol. The van der Waals surface area contributed by atoms with E-state index in [4.69, 9.17) is 9.47 Å². The zero-order valence-electron chi connectivity index (χ0n) is 20.3. The Bertz CT molecular complexity index is 1150. The molecule has 2 heterocycles. The average Bonchev–Trinajstić information content (AvgIpc) is 3.58. The van der Waals surface area contributed by atoms with Crippen molar-refractivity contribution < 1.29 is 9.47 Å². The summed E-state index contributed by atoms with van der Waals surface area (Å²) in [4.78, 5) is 22.2. The van der Waals surface area contributed by atoms with E-state index in [-0.39, 0.29) is 5.56 Å². The molecule has 0 N–H and O–H groups in total. The quantitative estimate of drug-likeness (QED) is 0.267. The van der Waals surface area contributed by atoms with Gasteiger partial charge >= 0.3 is 0 Å². The van der Waals surface area contributed by atoms with Gasteiger partial charge in [-0.15, -0.1) is 11.8 Å². The molecule has 3 rings (SSSR count). The van der Waals surface area contributed by atoms with Crippen molar-refractivity contribution in [2.75, 3.05) is 20.0 Å². The van der Waals surface area contributed by atoms with Crippen LogP contribution in [0, 0.1) is 18.8 Å². The summed E-state index contributed by atoms with van der Waals surface area (Å²) in [5.41, 5.74) is 3.87. The molecule has 0 spiro atoms. The molecule has 2 atom stereocenters. The van der Waals surface area contributed by atoms with Crippen molar-refractivity contribution in [1.82, 2.24) is 14.5 Å². The van der Waals surface area contributed by atoms with Crippen LogP contribution in [-0.4, -0.2) is 34.5 Å². The normalized spacial score (nSPS) is 18.2. The Kier molecular flexibility index (Phi) is 8.19. The summed E-state index contributed by atoms with van der Waals surface area (Å²) in [6.45, 7) is 10.7. The Morgan fingerprint density at radius 1 is 1.36 bits per heavy atom. The Balaban J connectivity index is 1.83. The van der Waals surface area contributed by atoms with Crippen LogP contribution in [0.25, 0.3) is 11.1 Å². The number of rotatable bonds is 10. The smallest absolute Gasteiger partial charge is 0.250 e. The lowest BCUT2D eigenvalue weighted by Gasteiger charge is -2.14. The number of aromatic nitrogens is 3. The van der Waals surface area contributed by atoms with E-state index < -0.39 is 0 Å². The fourth-order valence-corrected chi connectivity index (χ4v) is 4.36. The predicted octanol–water partition coefficient (Wildman–Crippen LogP) is 5.33. The molecule has 6 nitrogen and oxygen atoms in total. The van der Waals surface area contributed by atoms with Crippen molar-refractivity contribution in [3.8, 4) is 17.0 Å². The third-order valence-electron chi connectivity index (χ3n) is 5.99. The first-order chi connectivity index (χ1) is 15.8. The van der Waals surface area contributed by atoms with Crippen molar-refractivity contribution in [2.24, 2.45) is 18.9 Å². The summed E-state index contributed by atoms with van der Waals surface area (Å²) >= 11 is 1.58. The first kappa shape index (κ1) is 24.8. The van der Waals surface area contributed by atoms with Gasteiger partial charge in [0, 0.05) is 41.9 Å². The lowest BCUT2D eigenvalue weighted by Crippen LogP contribution is -2.16. The van der Waals surface area contributed by atoms with Crippen LogP contribution in [0.15, 0.2) is 63.8 Å². The third-order valence-corrected chi connectivity index (χ3v) is 6.75. The Morgan fingerprint density at radius 2 is 2.12 bits per heavy atom. The second kappa shape index (κ2) is 10.9. The molecule has 1 aliphatic rings. The minimum atomic E-state index is -0.0798. The van der Waals surface area contributed by atoms with Crippen LogP contribution < -0.4 is 10.3 Å². The number of nitrogens with zero attached hydrogens (tertiary/aromatic N) is 3. The van der Waals surface area contributed by atoms with Gasteiger partial charge in [0.25, 0.3) is 5.56 Å². The summed E-state index contributed by atoms with van der Waals surface area (Å²) in [5, 5.41) is 0. The van der Waals surface area contributed by atoms with Crippen molar-refractivity contribution in [2.45, 2.75) is 38.5 Å². The summed E-state index contributed by atoms with van der Waals surface area (Å²) in [5.74, 6) is 2.82. The second-order valence-corrected chi connectivity index (χ2v) is 9.16. The van der Waals surface area contributed by atoms with Crippen LogP contribution in [-0.2, 0) is 11.8 Å². The van der Waals surface area contributed by atoms with Gasteiger partial charge in [0.05, 0.1) is 25.0 Å². The van der Waals surface area contributed by atoms with Gasteiger partial charge < -0.3 is 14.0 Å². The van der Waals surface area contributed by atoms with Gasteiger partial charge in [-0.25, -0.2) is 4.98 Å². The molecule has 33 heavy (non-hydrogen) atoms. The fraction of sp³-hybridized carbons (Fsp3) is 0.423. The molecule has 1 aliphatic carbocycles. The number of allylic oxidation sites excluding steroid dienone is 5. The van der Waals surface area contributed by atoms with Gasteiger partial charge in [-0.05, 0) is 50.5 Å². The summed E-state index contributed by atoms with van der Waals surface area (Å²) in [6.07, 6.45) is 11.7. The summed E-state index contributed by atoms with van der Waals surface area (Å²) in [7, 11) is 3.43. The van der Waals surface area contributed by atoms with Gasteiger partial charge in [0.1, 0.15) is 5.82 Å². The van der Waals surface area contributed by atoms with Gasteiger partial charge in [-0.2, -0.15) is 4.98 Å². The first-order valence-corrected chi connectivity index (χ1v) is 12.3. The van der Waals surface area contributed by atoms with E-state index in [1.807, 2.05) is 32.4 Å². The molecule has 0 bridgehead atoms. The van der Waals surface area contributed by atoms with Crippen LogP contribution >= 0.6 is 11.8 Å². The van der Waals surface area contributed by atoms with Crippen molar-refractivity contribution in [3.05, 3.63) is 70.3 Å². The van der Waals surface area contributed by atoms with Crippen molar-refractivity contribution in [3.63, 3.8) is 0 Å². The number of methoxy groups -OCH3 is 1. The minimum Gasteiger partial charge on any atom is -0.501 e. The van der Waals surface area contributed by atoms with Crippen LogP contribution in [0.4, 0.5) is 0 Å². The zero-order chi connectivity index (χ0) is 24.1. The molecule has 0 radical (unpaired) electrons. The van der Waals surface area contributed by atoms with E-state index in [1.165, 1.54) is 5.57 Å². The Morgan fingerprint density at radius 3 is 2.79 bits per heavy atom. The molecule has 7 heteroatoms. The van der Waals surface area contributed by atoms with Gasteiger partial charge in [0.15, 0.2) is 0 Å². The Labute approximate surface area is 200 Å². The number of aryl methyl sites for hydroxylation is 2. The standard InChI is InChI=1S/C26H33N3O3S/c1-8-16(2)20(10-9-17(3)31-6)21-11-19(21)15-32-26-23(13-27-18(4)28-26)22-12-25(30)29(5)14-24(22)33-7/h9-10,12-14,19,21H,2,8,11,15H2,1,3-7H3. The van der Waals surface area contributed by atoms with E-state index >= 15 is 0 Å². The molecular weight excluding hydrogens is 434 g/mol. The van der Waals surface area contributed by atoms with Gasteiger partial charge in [-0.3, -0.25) is 4.79 Å². The number of pyridine rings is 1. The highest BCUT2D eigenvalue weighted by Crippen LogP contribution is 2.47. The summed E-state index contributed by atoms with van der Waals surface area (Å²) in [6, 6.07) is 1.63. The predicted molar refractivity (Wildman–Crippen MR) is 135 cm³/mol. The molecule has 2 aromatic heterocycles. The lowest BCUT2D eigenvalue weighted by molar-refractivity contribution is 0.283. The molecule has 2 aromatic rings. The third kappa shape index (κ3) is 5.96. The largest absolute Gasteiger partial charge is 0.501 e. The number of ether oxygens (including phenoxy) is 2. The highest BCUT2D eigenvalue weighted by molar-refractivity contribution is 7.98. The van der Waals surface area contributed by atoms with Gasteiger partial charge in [0.2, 0.25) is 5.88 Å². The molecule has 0 amide bonds. The minimum absolute atomic E-state index is 0.0798. The molecule has 0 aliphatic heterocycles. The van der Waals surface area contributed by atoms with E-state index in [1.54, 1.807) is 42.7 Å². The van der Waals surface area contributed by atoms with Crippen molar-refractivity contribution in [1.29, 1.82) is 0 Å². The zero-order valence-corrected chi connectivity index (χ0v) is 21.2. The molecule has 0 aromatic carbocycles. The SMILES string of the molecule is C=C(CC)C(=CC=C(C)OC)C1CC1COc1nc(C)ncc1-c1cc(=O)n(C)cc1SC. The van der Waals surface area contributed by atoms with Gasteiger partial charge in [-0.1, -0.05) is 25.2 Å². The topological polar surface area (TPSA) is 66.2 Å². The van der Waals surface area contributed by atoms with Crippen LogP contribution in [0.1, 0.15) is 32.5 Å².